The van der Waals surface area contributed by atoms with Crippen LogP contribution in [0.15, 0.2) is 59.1 Å². The van der Waals surface area contributed by atoms with Gasteiger partial charge >= 0.3 is 0 Å². The topological polar surface area (TPSA) is 113 Å². The van der Waals surface area contributed by atoms with E-state index in [0.717, 1.165) is 28.8 Å². The van der Waals surface area contributed by atoms with Crippen molar-refractivity contribution in [3.05, 3.63) is 91.7 Å². The van der Waals surface area contributed by atoms with Crippen LogP contribution in [-0.2, 0) is 4.79 Å². The molecule has 2 aromatic carbocycles. The van der Waals surface area contributed by atoms with Gasteiger partial charge in [-0.05, 0) is 49.9 Å². The lowest BCUT2D eigenvalue weighted by Gasteiger charge is -2.39. The lowest BCUT2D eigenvalue weighted by molar-refractivity contribution is -0.384. The molecule has 0 radical (unpaired) electrons. The molecule has 1 atom stereocenters. The Bertz CT molecular complexity index is 1270. The van der Waals surface area contributed by atoms with Gasteiger partial charge in [0.15, 0.2) is 5.78 Å². The first kappa shape index (κ1) is 21.2. The third-order valence-corrected chi connectivity index (χ3v) is 6.02. The zero-order chi connectivity index (χ0) is 23.2. The molecule has 0 bridgehead atoms. The molecule has 7 nitrogen and oxygen atoms in total. The number of hydrogen-bond acceptors (Lipinski definition) is 6. The Morgan fingerprint density at radius 1 is 1.22 bits per heavy atom. The number of allylic oxidation sites excluding steroid dienone is 3. The fraction of sp³-hybridized carbons (Fsp3) is 0.250. The van der Waals surface area contributed by atoms with Crippen LogP contribution in [0.3, 0.4) is 0 Å². The molecule has 0 amide bonds. The van der Waals surface area contributed by atoms with E-state index < -0.39 is 22.3 Å². The van der Waals surface area contributed by atoms with Crippen LogP contribution < -0.4 is 10.6 Å². The van der Waals surface area contributed by atoms with Crippen LogP contribution in [-0.4, -0.2) is 10.7 Å². The van der Waals surface area contributed by atoms with E-state index in [1.54, 1.807) is 0 Å². The Labute approximate surface area is 184 Å². The van der Waals surface area contributed by atoms with Gasteiger partial charge in [0.05, 0.1) is 28.5 Å². The van der Waals surface area contributed by atoms with Crippen LogP contribution >= 0.6 is 0 Å². The fourth-order valence-electron chi connectivity index (χ4n) is 4.65. The molecular weight excluding hydrogens is 411 g/mol. The first-order chi connectivity index (χ1) is 15.2. The second-order valence-electron chi connectivity index (χ2n) is 8.07. The number of nitro groups is 1. The molecule has 8 heteroatoms. The van der Waals surface area contributed by atoms with Crippen LogP contribution in [0.5, 0.6) is 0 Å². The van der Waals surface area contributed by atoms with Gasteiger partial charge in [-0.15, -0.1) is 0 Å². The maximum absolute atomic E-state index is 13.8. The molecule has 2 N–H and O–H groups in total. The zero-order valence-corrected chi connectivity index (χ0v) is 17.7. The van der Waals surface area contributed by atoms with Crippen molar-refractivity contribution < 1.29 is 14.1 Å². The van der Waals surface area contributed by atoms with E-state index in [9.17, 15) is 24.6 Å². The summed E-state index contributed by atoms with van der Waals surface area (Å²) in [6.45, 7) is 3.87. The van der Waals surface area contributed by atoms with E-state index in [1.165, 1.54) is 11.0 Å². The van der Waals surface area contributed by atoms with Gasteiger partial charge in [0.1, 0.15) is 17.3 Å². The number of Topliss-reactive ketones (excluding diaryl/α,β-unsaturated/α-hetero) is 1. The predicted octanol–water partition coefficient (Wildman–Crippen LogP) is 4.66. The summed E-state index contributed by atoms with van der Waals surface area (Å²) in [6.07, 6.45) is 1.33. The molecule has 2 aromatic rings. The maximum atomic E-state index is 13.8. The average Bonchev–Trinajstić information content (AvgIpc) is 2.74. The average molecular weight is 432 g/mol. The lowest BCUT2D eigenvalue weighted by Crippen LogP contribution is -2.39. The Kier molecular flexibility index (Phi) is 5.26. The van der Waals surface area contributed by atoms with Crippen LogP contribution in [0.2, 0.25) is 0 Å². The number of carbonyl (C=O) groups excluding carboxylic acids is 1. The Morgan fingerprint density at radius 3 is 2.62 bits per heavy atom. The number of hydrogen-bond donors (Lipinski definition) is 1. The molecule has 0 saturated carbocycles. The van der Waals surface area contributed by atoms with E-state index in [-0.39, 0.29) is 22.9 Å². The highest BCUT2D eigenvalue weighted by Gasteiger charge is 2.42. The summed E-state index contributed by atoms with van der Waals surface area (Å²) >= 11 is 0. The molecule has 1 aliphatic heterocycles. The van der Waals surface area contributed by atoms with Crippen molar-refractivity contribution in [2.75, 3.05) is 4.90 Å². The molecule has 162 valence electrons. The van der Waals surface area contributed by atoms with Crippen LogP contribution in [0.4, 0.5) is 15.8 Å². The van der Waals surface area contributed by atoms with Crippen LogP contribution in [0, 0.1) is 41.1 Å². The second-order valence-corrected chi connectivity index (χ2v) is 8.07. The van der Waals surface area contributed by atoms with Gasteiger partial charge in [-0.2, -0.15) is 5.26 Å². The molecule has 0 aromatic heterocycles. The number of ketones is 1. The van der Waals surface area contributed by atoms with Gasteiger partial charge < -0.3 is 5.73 Å². The van der Waals surface area contributed by atoms with Crippen molar-refractivity contribution in [3.63, 3.8) is 0 Å². The minimum atomic E-state index is -0.761. The molecule has 0 saturated heterocycles. The summed E-state index contributed by atoms with van der Waals surface area (Å²) in [6, 6.07) is 11.1. The fourth-order valence-corrected chi connectivity index (χ4v) is 4.65. The minimum Gasteiger partial charge on any atom is -0.384 e. The van der Waals surface area contributed by atoms with Crippen molar-refractivity contribution >= 4 is 17.2 Å². The third kappa shape index (κ3) is 3.32. The van der Waals surface area contributed by atoms with E-state index in [1.807, 2.05) is 32.0 Å². The number of aryl methyl sites for hydroxylation is 2. The van der Waals surface area contributed by atoms with E-state index >= 15 is 0 Å². The zero-order valence-electron chi connectivity index (χ0n) is 17.7. The smallest absolute Gasteiger partial charge is 0.296 e. The van der Waals surface area contributed by atoms with Crippen molar-refractivity contribution in [3.8, 4) is 6.07 Å². The molecule has 2 aliphatic rings. The Hall–Kier alpha value is -3.99. The number of rotatable bonds is 3. The molecule has 0 spiro atoms. The van der Waals surface area contributed by atoms with E-state index in [4.69, 9.17) is 5.73 Å². The molecule has 4 rings (SSSR count). The first-order valence-corrected chi connectivity index (χ1v) is 10.2. The first-order valence-electron chi connectivity index (χ1n) is 10.2. The molecule has 0 fully saturated rings. The summed E-state index contributed by atoms with van der Waals surface area (Å²) in [7, 11) is 0. The molecule has 1 aliphatic carbocycles. The number of nitrogens with zero attached hydrogens (tertiary/aromatic N) is 3. The largest absolute Gasteiger partial charge is 0.384 e. The normalized spacial score (nSPS) is 18.5. The van der Waals surface area contributed by atoms with E-state index in [0.29, 0.717) is 30.5 Å². The van der Waals surface area contributed by atoms with Crippen molar-refractivity contribution in [1.29, 1.82) is 5.26 Å². The molecule has 1 unspecified atom stereocenters. The highest BCUT2D eigenvalue weighted by Crippen LogP contribution is 2.48. The Morgan fingerprint density at radius 2 is 1.97 bits per heavy atom. The molecule has 32 heavy (non-hydrogen) atoms. The Balaban J connectivity index is 2.03. The monoisotopic (exact) mass is 432 g/mol. The summed E-state index contributed by atoms with van der Waals surface area (Å²) in [4.78, 5) is 25.5. The number of nitro benzene ring substituents is 1. The van der Waals surface area contributed by atoms with Crippen LogP contribution in [0.25, 0.3) is 0 Å². The van der Waals surface area contributed by atoms with Crippen molar-refractivity contribution in [2.45, 2.75) is 39.0 Å². The standard InChI is InChI=1S/C24H21FN4O3/c1-13-6-8-16(14(2)10-13)22-17(12-26)24(27)28(19-4-3-5-21(30)23(19)22)18-9-7-15(25)11-20(18)29(31)32/h6-11,22H,3-5,27H2,1-2H3. The van der Waals surface area contributed by atoms with Gasteiger partial charge in [0.2, 0.25) is 0 Å². The van der Waals surface area contributed by atoms with Crippen molar-refractivity contribution in [1.82, 2.24) is 0 Å². The van der Waals surface area contributed by atoms with Gasteiger partial charge in [-0.25, -0.2) is 4.39 Å². The van der Waals surface area contributed by atoms with Crippen molar-refractivity contribution in [2.24, 2.45) is 5.73 Å². The highest BCUT2D eigenvalue weighted by atomic mass is 19.1. The number of nitriles is 1. The highest BCUT2D eigenvalue weighted by molar-refractivity contribution is 6.01. The third-order valence-electron chi connectivity index (χ3n) is 6.02. The number of nitrogens with two attached hydrogens (primary N) is 1. The molecular formula is C24H21FN4O3. The quantitative estimate of drug-likeness (QED) is 0.558. The van der Waals surface area contributed by atoms with Gasteiger partial charge in [0.25, 0.3) is 5.69 Å². The number of halogens is 1. The van der Waals surface area contributed by atoms with E-state index in [2.05, 4.69) is 6.07 Å². The van der Waals surface area contributed by atoms with Crippen LogP contribution in [0.1, 0.15) is 41.9 Å². The summed E-state index contributed by atoms with van der Waals surface area (Å²) in [5.74, 6) is -1.52. The maximum Gasteiger partial charge on any atom is 0.296 e. The lowest BCUT2D eigenvalue weighted by atomic mass is 9.74. The summed E-state index contributed by atoms with van der Waals surface area (Å²) < 4.78 is 13.8. The summed E-state index contributed by atoms with van der Waals surface area (Å²) in [5, 5.41) is 21.7. The number of benzene rings is 2. The minimum absolute atomic E-state index is 0.0145. The predicted molar refractivity (Wildman–Crippen MR) is 117 cm³/mol. The van der Waals surface area contributed by atoms with Gasteiger partial charge in [-0.1, -0.05) is 23.8 Å². The number of carbonyl (C=O) groups is 1. The second kappa shape index (κ2) is 7.93. The summed E-state index contributed by atoms with van der Waals surface area (Å²) in [5.41, 5.74) is 9.85. The number of anilines is 1. The molecule has 1 heterocycles. The van der Waals surface area contributed by atoms with Gasteiger partial charge in [-0.3, -0.25) is 19.8 Å². The van der Waals surface area contributed by atoms with Gasteiger partial charge in [0, 0.05) is 17.7 Å². The SMILES string of the molecule is Cc1ccc(C2C(C#N)=C(N)N(c3ccc(F)cc3[N+](=O)[O-])C3=C2C(=O)CCC3)c(C)c1.